The number of benzene rings is 2. The van der Waals surface area contributed by atoms with Gasteiger partial charge in [-0.2, -0.15) is 0 Å². The molecule has 4 nitrogen and oxygen atoms in total. The van der Waals surface area contributed by atoms with Crippen molar-refractivity contribution in [3.8, 4) is 5.75 Å². The summed E-state index contributed by atoms with van der Waals surface area (Å²) in [5.41, 5.74) is 8.48. The first-order valence-electron chi connectivity index (χ1n) is 5.92. The fourth-order valence-corrected chi connectivity index (χ4v) is 1.82. The Morgan fingerprint density at radius 3 is 2.58 bits per heavy atom. The molecule has 0 bridgehead atoms. The van der Waals surface area contributed by atoms with Crippen molar-refractivity contribution in [2.45, 2.75) is 6.92 Å². The van der Waals surface area contributed by atoms with E-state index in [1.165, 1.54) is 4.90 Å². The van der Waals surface area contributed by atoms with Gasteiger partial charge in [-0.15, -0.1) is 0 Å². The highest BCUT2D eigenvalue weighted by Crippen LogP contribution is 2.21. The molecule has 19 heavy (non-hydrogen) atoms. The third kappa shape index (κ3) is 2.68. The molecular formula is C15H16N2O2. The molecule has 0 unspecified atom stereocenters. The topological polar surface area (TPSA) is 66.6 Å². The van der Waals surface area contributed by atoms with Crippen LogP contribution in [-0.4, -0.2) is 18.1 Å². The summed E-state index contributed by atoms with van der Waals surface area (Å²) in [6, 6.07) is 11.8. The summed E-state index contributed by atoms with van der Waals surface area (Å²) in [5.74, 6) is -0.0145. The number of aromatic hydroxyl groups is 1. The van der Waals surface area contributed by atoms with E-state index in [-0.39, 0.29) is 11.7 Å². The second-order valence-corrected chi connectivity index (χ2v) is 4.46. The van der Waals surface area contributed by atoms with Crippen molar-refractivity contribution in [2.24, 2.45) is 0 Å². The fourth-order valence-electron chi connectivity index (χ4n) is 1.82. The lowest BCUT2D eigenvalue weighted by atomic mass is 10.1. The second-order valence-electron chi connectivity index (χ2n) is 4.46. The van der Waals surface area contributed by atoms with E-state index in [2.05, 4.69) is 0 Å². The van der Waals surface area contributed by atoms with Gasteiger partial charge in [0.15, 0.2) is 0 Å². The van der Waals surface area contributed by atoms with Crippen LogP contribution in [0.3, 0.4) is 0 Å². The summed E-state index contributed by atoms with van der Waals surface area (Å²) in [5, 5.41) is 9.44. The van der Waals surface area contributed by atoms with Gasteiger partial charge in [-0.1, -0.05) is 6.07 Å². The standard InChI is InChI=1S/C15H16N2O2/c1-10-8-11(6-7-14(10)16)15(19)17(2)12-4-3-5-13(18)9-12/h3-9,18H,16H2,1-2H3. The third-order valence-electron chi connectivity index (χ3n) is 3.04. The lowest BCUT2D eigenvalue weighted by molar-refractivity contribution is 0.0993. The number of hydrogen-bond acceptors (Lipinski definition) is 3. The van der Waals surface area contributed by atoms with Gasteiger partial charge in [0.25, 0.3) is 5.91 Å². The van der Waals surface area contributed by atoms with Gasteiger partial charge in [-0.3, -0.25) is 4.79 Å². The summed E-state index contributed by atoms with van der Waals surface area (Å²) in [7, 11) is 1.67. The van der Waals surface area contributed by atoms with Crippen LogP contribution in [0, 0.1) is 6.92 Å². The van der Waals surface area contributed by atoms with Crippen molar-refractivity contribution in [1.29, 1.82) is 0 Å². The molecule has 0 saturated carbocycles. The summed E-state index contributed by atoms with van der Waals surface area (Å²) in [6.07, 6.45) is 0. The van der Waals surface area contributed by atoms with Crippen molar-refractivity contribution in [3.05, 3.63) is 53.6 Å². The number of aryl methyl sites for hydroxylation is 1. The number of nitrogens with zero attached hydrogens (tertiary/aromatic N) is 1. The smallest absolute Gasteiger partial charge is 0.258 e. The second kappa shape index (κ2) is 5.02. The molecule has 2 aromatic rings. The van der Waals surface area contributed by atoms with Crippen LogP contribution in [0.25, 0.3) is 0 Å². The van der Waals surface area contributed by atoms with Crippen LogP contribution < -0.4 is 10.6 Å². The maximum Gasteiger partial charge on any atom is 0.258 e. The van der Waals surface area contributed by atoms with Crippen LogP contribution in [0.2, 0.25) is 0 Å². The molecule has 0 saturated heterocycles. The SMILES string of the molecule is Cc1cc(C(=O)N(C)c2cccc(O)c2)ccc1N. The van der Waals surface area contributed by atoms with E-state index < -0.39 is 0 Å². The zero-order valence-corrected chi connectivity index (χ0v) is 10.9. The number of rotatable bonds is 2. The van der Waals surface area contributed by atoms with Crippen LogP contribution in [0.5, 0.6) is 5.75 Å². The van der Waals surface area contributed by atoms with E-state index in [1.807, 2.05) is 6.92 Å². The minimum Gasteiger partial charge on any atom is -0.508 e. The molecular weight excluding hydrogens is 240 g/mol. The van der Waals surface area contributed by atoms with Gasteiger partial charge in [-0.05, 0) is 42.8 Å². The van der Waals surface area contributed by atoms with Gasteiger partial charge < -0.3 is 15.7 Å². The van der Waals surface area contributed by atoms with Gasteiger partial charge >= 0.3 is 0 Å². The first-order valence-corrected chi connectivity index (χ1v) is 5.92. The lowest BCUT2D eigenvalue weighted by Gasteiger charge is -2.18. The molecule has 4 heteroatoms. The molecule has 1 amide bonds. The van der Waals surface area contributed by atoms with E-state index in [0.29, 0.717) is 16.9 Å². The quantitative estimate of drug-likeness (QED) is 0.811. The first kappa shape index (κ1) is 13.0. The molecule has 2 aromatic carbocycles. The molecule has 2 rings (SSSR count). The van der Waals surface area contributed by atoms with Crippen molar-refractivity contribution < 1.29 is 9.90 Å². The van der Waals surface area contributed by atoms with Gasteiger partial charge in [0.05, 0.1) is 0 Å². The van der Waals surface area contributed by atoms with Gasteiger partial charge in [0.2, 0.25) is 0 Å². The first-order chi connectivity index (χ1) is 8.99. The highest BCUT2D eigenvalue weighted by Gasteiger charge is 2.14. The van der Waals surface area contributed by atoms with Crippen molar-refractivity contribution in [2.75, 3.05) is 17.7 Å². The number of phenols is 1. The largest absolute Gasteiger partial charge is 0.508 e. The number of amides is 1. The highest BCUT2D eigenvalue weighted by atomic mass is 16.3. The number of anilines is 2. The normalized spacial score (nSPS) is 10.2. The molecule has 0 aromatic heterocycles. The number of nitrogen functional groups attached to an aromatic ring is 1. The van der Waals surface area contributed by atoms with E-state index in [9.17, 15) is 9.90 Å². The number of carbonyl (C=O) groups is 1. The minimum atomic E-state index is -0.145. The van der Waals surface area contributed by atoms with E-state index in [0.717, 1.165) is 5.56 Å². The highest BCUT2D eigenvalue weighted by molar-refractivity contribution is 6.06. The monoisotopic (exact) mass is 256 g/mol. The van der Waals surface area contributed by atoms with Crippen molar-refractivity contribution >= 4 is 17.3 Å². The van der Waals surface area contributed by atoms with E-state index >= 15 is 0 Å². The Morgan fingerprint density at radius 2 is 1.95 bits per heavy atom. The average molecular weight is 256 g/mol. The number of hydrogen-bond donors (Lipinski definition) is 2. The Bertz CT molecular complexity index is 623. The minimum absolute atomic E-state index is 0.130. The van der Waals surface area contributed by atoms with Crippen LogP contribution in [0.1, 0.15) is 15.9 Å². The molecule has 98 valence electrons. The molecule has 0 aliphatic rings. The molecule has 0 aliphatic heterocycles. The van der Waals surface area contributed by atoms with E-state index in [4.69, 9.17) is 5.73 Å². The van der Waals surface area contributed by atoms with E-state index in [1.54, 1.807) is 49.5 Å². The zero-order valence-electron chi connectivity index (χ0n) is 10.9. The summed E-state index contributed by atoms with van der Waals surface area (Å²) < 4.78 is 0. The van der Waals surface area contributed by atoms with Crippen LogP contribution in [0.4, 0.5) is 11.4 Å². The number of nitrogens with two attached hydrogens (primary N) is 1. The molecule has 0 atom stereocenters. The average Bonchev–Trinajstić information content (AvgIpc) is 2.40. The van der Waals surface area contributed by atoms with Gasteiger partial charge in [0, 0.05) is 30.1 Å². The summed E-state index contributed by atoms with van der Waals surface area (Å²) in [4.78, 5) is 13.8. The van der Waals surface area contributed by atoms with Crippen LogP contribution in [0.15, 0.2) is 42.5 Å². The van der Waals surface area contributed by atoms with Gasteiger partial charge in [0.1, 0.15) is 5.75 Å². The Hall–Kier alpha value is -2.49. The molecule has 0 radical (unpaired) electrons. The third-order valence-corrected chi connectivity index (χ3v) is 3.04. The Kier molecular flexibility index (Phi) is 3.42. The molecule has 0 fully saturated rings. The van der Waals surface area contributed by atoms with Crippen LogP contribution in [-0.2, 0) is 0 Å². The molecule has 0 spiro atoms. The fraction of sp³-hybridized carbons (Fsp3) is 0.133. The molecule has 3 N–H and O–H groups in total. The lowest BCUT2D eigenvalue weighted by Crippen LogP contribution is -2.26. The number of carbonyl (C=O) groups excluding carboxylic acids is 1. The van der Waals surface area contributed by atoms with Crippen LogP contribution >= 0.6 is 0 Å². The Labute approximate surface area is 112 Å². The summed E-state index contributed by atoms with van der Waals surface area (Å²) >= 11 is 0. The summed E-state index contributed by atoms with van der Waals surface area (Å²) in [6.45, 7) is 1.86. The van der Waals surface area contributed by atoms with Gasteiger partial charge in [-0.25, -0.2) is 0 Å². The maximum absolute atomic E-state index is 12.3. The number of phenolic OH excluding ortho intramolecular Hbond substituents is 1. The molecule has 0 heterocycles. The Morgan fingerprint density at radius 1 is 1.21 bits per heavy atom. The van der Waals surface area contributed by atoms with Crippen molar-refractivity contribution in [1.82, 2.24) is 0 Å². The maximum atomic E-state index is 12.3. The van der Waals surface area contributed by atoms with Crippen molar-refractivity contribution in [3.63, 3.8) is 0 Å². The predicted octanol–water partition coefficient (Wildman–Crippen LogP) is 2.56. The zero-order chi connectivity index (χ0) is 14.0. The predicted molar refractivity (Wildman–Crippen MR) is 76.4 cm³/mol. The Balaban J connectivity index is 2.30. The molecule has 0 aliphatic carbocycles.